The highest BCUT2D eigenvalue weighted by atomic mass is 16.1. The van der Waals surface area contributed by atoms with Crippen LogP contribution in [0.25, 0.3) is 0 Å². The molecule has 2 aliphatic heterocycles. The van der Waals surface area contributed by atoms with Crippen LogP contribution in [0.3, 0.4) is 0 Å². The Balaban J connectivity index is 1.69. The van der Waals surface area contributed by atoms with Crippen molar-refractivity contribution < 1.29 is 4.79 Å². The van der Waals surface area contributed by atoms with Gasteiger partial charge in [-0.2, -0.15) is 0 Å². The molecule has 0 aromatic heterocycles. The van der Waals surface area contributed by atoms with Crippen LogP contribution in [0.1, 0.15) is 38.5 Å². The molecule has 1 atom stereocenters. The predicted octanol–water partition coefficient (Wildman–Crippen LogP) is 1.39. The van der Waals surface area contributed by atoms with Crippen molar-refractivity contribution in [1.82, 2.24) is 10.2 Å². The number of hydrogen-bond donors (Lipinski definition) is 1. The van der Waals surface area contributed by atoms with Gasteiger partial charge in [0.15, 0.2) is 0 Å². The lowest BCUT2D eigenvalue weighted by atomic mass is 9.95. The van der Waals surface area contributed by atoms with Crippen LogP contribution in [0.4, 0.5) is 0 Å². The van der Waals surface area contributed by atoms with Crippen LogP contribution in [-0.4, -0.2) is 37.0 Å². The lowest BCUT2D eigenvalue weighted by Gasteiger charge is -2.29. The number of nitrogens with one attached hydrogen (secondary N) is 1. The summed E-state index contributed by atoms with van der Waals surface area (Å²) in [6, 6.07) is 0. The predicted molar refractivity (Wildman–Crippen MR) is 60.6 cm³/mol. The summed E-state index contributed by atoms with van der Waals surface area (Å²) < 4.78 is 0. The lowest BCUT2D eigenvalue weighted by Crippen LogP contribution is -2.39. The third-order valence-corrected chi connectivity index (χ3v) is 3.64. The third-order valence-electron chi connectivity index (χ3n) is 3.64. The Kier molecular flexibility index (Phi) is 4.01. The second-order valence-corrected chi connectivity index (χ2v) is 4.82. The van der Waals surface area contributed by atoms with Gasteiger partial charge < -0.3 is 10.2 Å². The standard InChI is InChI=1S/C12H22N2O/c15-12-11(5-4-7-13-12)6-10-14-8-2-1-3-9-14/h11H,1-10H2,(H,13,15). The van der Waals surface area contributed by atoms with Crippen molar-refractivity contribution in [3.63, 3.8) is 0 Å². The number of piperidine rings is 2. The Morgan fingerprint density at radius 2 is 2.00 bits per heavy atom. The van der Waals surface area contributed by atoms with E-state index in [0.29, 0.717) is 11.8 Å². The van der Waals surface area contributed by atoms with Crippen molar-refractivity contribution >= 4 is 5.91 Å². The van der Waals surface area contributed by atoms with Crippen molar-refractivity contribution in [2.75, 3.05) is 26.2 Å². The van der Waals surface area contributed by atoms with E-state index in [-0.39, 0.29) is 0 Å². The van der Waals surface area contributed by atoms with E-state index in [1.165, 1.54) is 32.4 Å². The molecule has 1 unspecified atom stereocenters. The molecule has 0 aromatic carbocycles. The van der Waals surface area contributed by atoms with Crippen LogP contribution in [0.15, 0.2) is 0 Å². The molecule has 1 amide bonds. The number of rotatable bonds is 3. The van der Waals surface area contributed by atoms with Gasteiger partial charge in [0.25, 0.3) is 0 Å². The summed E-state index contributed by atoms with van der Waals surface area (Å²) in [6.07, 6.45) is 7.40. The topological polar surface area (TPSA) is 32.3 Å². The molecule has 2 rings (SSSR count). The summed E-state index contributed by atoms with van der Waals surface area (Å²) in [5.74, 6) is 0.582. The van der Waals surface area contributed by atoms with Gasteiger partial charge in [-0.3, -0.25) is 4.79 Å². The van der Waals surface area contributed by atoms with E-state index in [2.05, 4.69) is 10.2 Å². The van der Waals surface area contributed by atoms with E-state index in [4.69, 9.17) is 0 Å². The van der Waals surface area contributed by atoms with Gasteiger partial charge >= 0.3 is 0 Å². The first-order valence-corrected chi connectivity index (χ1v) is 6.36. The highest BCUT2D eigenvalue weighted by Crippen LogP contribution is 2.17. The van der Waals surface area contributed by atoms with Crippen LogP contribution in [0.5, 0.6) is 0 Å². The molecule has 0 aliphatic carbocycles. The third kappa shape index (κ3) is 3.20. The Bertz CT molecular complexity index is 212. The Morgan fingerprint density at radius 1 is 1.20 bits per heavy atom. The number of likely N-dealkylation sites (tertiary alicyclic amines) is 1. The van der Waals surface area contributed by atoms with Gasteiger partial charge in [0.05, 0.1) is 0 Å². The first kappa shape index (κ1) is 10.9. The zero-order chi connectivity index (χ0) is 10.5. The van der Waals surface area contributed by atoms with Crippen LogP contribution < -0.4 is 5.32 Å². The highest BCUT2D eigenvalue weighted by Gasteiger charge is 2.22. The highest BCUT2D eigenvalue weighted by molar-refractivity contribution is 5.79. The SMILES string of the molecule is O=C1NCCCC1CCN1CCCCC1. The average Bonchev–Trinajstić information content (AvgIpc) is 2.29. The summed E-state index contributed by atoms with van der Waals surface area (Å²) in [6.45, 7) is 4.50. The van der Waals surface area contributed by atoms with Gasteiger partial charge in [0.1, 0.15) is 0 Å². The largest absolute Gasteiger partial charge is 0.356 e. The summed E-state index contributed by atoms with van der Waals surface area (Å²) >= 11 is 0. The zero-order valence-corrected chi connectivity index (χ0v) is 9.50. The minimum Gasteiger partial charge on any atom is -0.356 e. The van der Waals surface area contributed by atoms with Gasteiger partial charge in [-0.1, -0.05) is 6.42 Å². The van der Waals surface area contributed by atoms with Crippen LogP contribution in [-0.2, 0) is 4.79 Å². The minimum atomic E-state index is 0.290. The van der Waals surface area contributed by atoms with E-state index in [9.17, 15) is 4.79 Å². The average molecular weight is 210 g/mol. The van der Waals surface area contributed by atoms with Crippen molar-refractivity contribution in [2.45, 2.75) is 38.5 Å². The number of hydrogen-bond acceptors (Lipinski definition) is 2. The maximum absolute atomic E-state index is 11.5. The summed E-state index contributed by atoms with van der Waals surface area (Å²) in [5.41, 5.74) is 0. The molecule has 15 heavy (non-hydrogen) atoms. The fraction of sp³-hybridized carbons (Fsp3) is 0.917. The van der Waals surface area contributed by atoms with Crippen LogP contribution in [0, 0.1) is 5.92 Å². The van der Waals surface area contributed by atoms with E-state index < -0.39 is 0 Å². The van der Waals surface area contributed by atoms with Gasteiger partial charge in [0.2, 0.25) is 5.91 Å². The Morgan fingerprint density at radius 3 is 2.73 bits per heavy atom. The molecule has 3 nitrogen and oxygen atoms in total. The molecule has 2 heterocycles. The molecule has 0 radical (unpaired) electrons. The first-order chi connectivity index (χ1) is 7.36. The molecule has 0 bridgehead atoms. The van der Waals surface area contributed by atoms with Gasteiger partial charge in [-0.25, -0.2) is 0 Å². The molecule has 2 aliphatic rings. The number of amides is 1. The number of nitrogens with zero attached hydrogens (tertiary/aromatic N) is 1. The second-order valence-electron chi connectivity index (χ2n) is 4.82. The lowest BCUT2D eigenvalue weighted by molar-refractivity contribution is -0.126. The fourth-order valence-corrected chi connectivity index (χ4v) is 2.63. The fourth-order valence-electron chi connectivity index (χ4n) is 2.63. The van der Waals surface area contributed by atoms with Crippen molar-refractivity contribution in [3.05, 3.63) is 0 Å². The van der Waals surface area contributed by atoms with Gasteiger partial charge in [0, 0.05) is 12.5 Å². The van der Waals surface area contributed by atoms with Crippen molar-refractivity contribution in [1.29, 1.82) is 0 Å². The number of carbonyl (C=O) groups is 1. The molecule has 86 valence electrons. The van der Waals surface area contributed by atoms with Crippen molar-refractivity contribution in [2.24, 2.45) is 5.92 Å². The van der Waals surface area contributed by atoms with Crippen molar-refractivity contribution in [3.8, 4) is 0 Å². The molecular formula is C12H22N2O. The maximum Gasteiger partial charge on any atom is 0.223 e. The quantitative estimate of drug-likeness (QED) is 0.763. The first-order valence-electron chi connectivity index (χ1n) is 6.36. The normalized spacial score (nSPS) is 28.8. The molecular weight excluding hydrogens is 188 g/mol. The summed E-state index contributed by atoms with van der Waals surface area (Å²) in [5, 5.41) is 2.96. The van der Waals surface area contributed by atoms with Gasteiger partial charge in [-0.15, -0.1) is 0 Å². The maximum atomic E-state index is 11.5. The monoisotopic (exact) mass is 210 g/mol. The molecule has 3 heteroatoms. The van der Waals surface area contributed by atoms with Gasteiger partial charge in [-0.05, 0) is 51.7 Å². The summed E-state index contributed by atoms with van der Waals surface area (Å²) in [7, 11) is 0. The van der Waals surface area contributed by atoms with E-state index in [0.717, 1.165) is 32.4 Å². The van der Waals surface area contributed by atoms with Crippen LogP contribution >= 0.6 is 0 Å². The molecule has 0 saturated carbocycles. The summed E-state index contributed by atoms with van der Waals surface area (Å²) in [4.78, 5) is 14.1. The molecule has 2 saturated heterocycles. The van der Waals surface area contributed by atoms with Crippen LogP contribution in [0.2, 0.25) is 0 Å². The Labute approximate surface area is 92.2 Å². The van der Waals surface area contributed by atoms with E-state index in [1.54, 1.807) is 0 Å². The minimum absolute atomic E-state index is 0.290. The molecule has 1 N–H and O–H groups in total. The smallest absolute Gasteiger partial charge is 0.223 e. The number of carbonyl (C=O) groups excluding carboxylic acids is 1. The molecule has 0 spiro atoms. The Hall–Kier alpha value is -0.570. The molecule has 0 aromatic rings. The zero-order valence-electron chi connectivity index (χ0n) is 9.50. The second kappa shape index (κ2) is 5.50. The molecule has 2 fully saturated rings. The van der Waals surface area contributed by atoms with E-state index >= 15 is 0 Å². The van der Waals surface area contributed by atoms with E-state index in [1.807, 2.05) is 0 Å².